The second kappa shape index (κ2) is 6.56. The molecule has 7 rings (SSSR count). The number of halogens is 2. The fourth-order valence-electron chi connectivity index (χ4n) is 4.97. The van der Waals surface area contributed by atoms with Crippen LogP contribution in [-0.4, -0.2) is 22.2 Å². The normalized spacial score (nSPS) is 24.7. The molecule has 3 aromatic carbocycles. The van der Waals surface area contributed by atoms with Crippen molar-refractivity contribution in [2.24, 2.45) is 0 Å². The second-order valence-corrected chi connectivity index (χ2v) is 10.4. The largest absolute Gasteiger partial charge is 0.472 e. The number of aromatic nitrogens is 1. The van der Waals surface area contributed by atoms with E-state index in [1.54, 1.807) is 0 Å². The minimum Gasteiger partial charge on any atom is -0.472 e. The Balaban J connectivity index is 1.42. The molecule has 162 valence electrons. The van der Waals surface area contributed by atoms with E-state index < -0.39 is 15.9 Å². The van der Waals surface area contributed by atoms with E-state index >= 15 is 0 Å². The third kappa shape index (κ3) is 2.31. The SMILES string of the molecule is O=C1C(Cl)C2(C(=O)Nc3ccccc32)N1c1nc2c(s1)C(Br)Oc1c-2ccc2ccccc12. The van der Waals surface area contributed by atoms with Crippen molar-refractivity contribution in [2.45, 2.75) is 15.9 Å². The summed E-state index contributed by atoms with van der Waals surface area (Å²) in [6.07, 6.45) is 0. The summed E-state index contributed by atoms with van der Waals surface area (Å²) in [7, 11) is 0. The molecule has 1 N–H and O–H groups in total. The standard InChI is InChI=1S/C24H13BrClN3O3S/c25-20-18-16(13-10-9-11-5-1-2-6-12(11)17(13)32-20)28-23(33-18)29-21(30)19(26)24(29)14-7-3-4-8-15(14)27-22(24)31/h1-10,19-20H,(H,27,31). The second-order valence-electron chi connectivity index (χ2n) is 8.11. The Morgan fingerprint density at radius 3 is 2.76 bits per heavy atom. The van der Waals surface area contributed by atoms with Crippen LogP contribution in [0.1, 0.15) is 15.5 Å². The van der Waals surface area contributed by atoms with Crippen LogP contribution in [0.15, 0.2) is 60.7 Å². The molecular weight excluding hydrogens is 526 g/mol. The molecule has 0 saturated carbocycles. The fourth-order valence-corrected chi connectivity index (χ4v) is 7.12. The number of hydrogen-bond donors (Lipinski definition) is 1. The van der Waals surface area contributed by atoms with E-state index in [9.17, 15) is 9.59 Å². The van der Waals surface area contributed by atoms with Crippen LogP contribution < -0.4 is 15.0 Å². The maximum absolute atomic E-state index is 13.2. The van der Waals surface area contributed by atoms with Gasteiger partial charge in [-0.2, -0.15) is 0 Å². The predicted molar refractivity (Wildman–Crippen MR) is 131 cm³/mol. The summed E-state index contributed by atoms with van der Waals surface area (Å²) >= 11 is 11.5. The van der Waals surface area contributed by atoms with Gasteiger partial charge in [0.1, 0.15) is 11.1 Å². The third-order valence-electron chi connectivity index (χ3n) is 6.48. The monoisotopic (exact) mass is 537 g/mol. The number of ether oxygens (including phenoxy) is 1. The first-order chi connectivity index (χ1) is 16.0. The van der Waals surface area contributed by atoms with Gasteiger partial charge in [-0.15, -0.1) is 11.6 Å². The summed E-state index contributed by atoms with van der Waals surface area (Å²) in [6, 6.07) is 19.3. The molecule has 3 unspecified atom stereocenters. The molecule has 3 atom stereocenters. The van der Waals surface area contributed by atoms with Gasteiger partial charge >= 0.3 is 0 Å². The zero-order chi connectivity index (χ0) is 22.5. The minimum absolute atomic E-state index is 0.325. The first kappa shape index (κ1) is 19.5. The summed E-state index contributed by atoms with van der Waals surface area (Å²) in [4.78, 5) is 33.3. The van der Waals surface area contributed by atoms with Crippen molar-refractivity contribution < 1.29 is 14.3 Å². The zero-order valence-electron chi connectivity index (χ0n) is 16.7. The molecule has 6 nitrogen and oxygen atoms in total. The molecule has 3 aliphatic heterocycles. The fraction of sp³-hybridized carbons (Fsp3) is 0.125. The molecular formula is C24H13BrClN3O3S. The summed E-state index contributed by atoms with van der Waals surface area (Å²) in [5.41, 5.74) is 1.61. The number of benzene rings is 3. The van der Waals surface area contributed by atoms with Crippen LogP contribution in [0.25, 0.3) is 22.0 Å². The molecule has 9 heteroatoms. The van der Waals surface area contributed by atoms with Gasteiger partial charge in [0.2, 0.25) is 0 Å². The van der Waals surface area contributed by atoms with E-state index in [0.29, 0.717) is 16.4 Å². The van der Waals surface area contributed by atoms with Gasteiger partial charge in [-0.05, 0) is 33.4 Å². The molecule has 1 aromatic heterocycles. The van der Waals surface area contributed by atoms with Gasteiger partial charge < -0.3 is 10.1 Å². The van der Waals surface area contributed by atoms with Crippen LogP contribution in [0.4, 0.5) is 10.8 Å². The highest BCUT2D eigenvalue weighted by atomic mass is 79.9. The molecule has 1 spiro atoms. The van der Waals surface area contributed by atoms with Crippen LogP contribution >= 0.6 is 38.9 Å². The van der Waals surface area contributed by atoms with Crippen LogP contribution in [-0.2, 0) is 15.1 Å². The molecule has 0 radical (unpaired) electrons. The summed E-state index contributed by atoms with van der Waals surface area (Å²) in [5.74, 6) is 0.0676. The topological polar surface area (TPSA) is 71.5 Å². The highest BCUT2D eigenvalue weighted by Gasteiger charge is 2.70. The molecule has 4 heterocycles. The van der Waals surface area contributed by atoms with Crippen LogP contribution in [0, 0.1) is 0 Å². The number of anilines is 2. The molecule has 3 aliphatic rings. The van der Waals surface area contributed by atoms with Crippen molar-refractivity contribution in [3.05, 3.63) is 71.1 Å². The van der Waals surface area contributed by atoms with E-state index in [0.717, 1.165) is 32.7 Å². The number of carbonyl (C=O) groups is 2. The van der Waals surface area contributed by atoms with Crippen molar-refractivity contribution in [1.82, 2.24) is 4.98 Å². The third-order valence-corrected chi connectivity index (χ3v) is 9.02. The van der Waals surface area contributed by atoms with Crippen molar-refractivity contribution >= 4 is 72.3 Å². The quantitative estimate of drug-likeness (QED) is 0.255. The van der Waals surface area contributed by atoms with Crippen LogP contribution in [0.2, 0.25) is 0 Å². The smallest absolute Gasteiger partial charge is 0.257 e. The maximum atomic E-state index is 13.2. The Labute approximate surface area is 205 Å². The molecule has 2 amide bonds. The number of hydrogen-bond acceptors (Lipinski definition) is 5. The molecule has 1 fully saturated rings. The maximum Gasteiger partial charge on any atom is 0.257 e. The number of alkyl halides is 2. The Bertz CT molecular complexity index is 1540. The highest BCUT2D eigenvalue weighted by Crippen LogP contribution is 2.57. The number of thiazole rings is 1. The number of fused-ring (bicyclic) bond motifs is 7. The average Bonchev–Trinajstić information content (AvgIpc) is 3.40. The van der Waals surface area contributed by atoms with Gasteiger partial charge in [-0.25, -0.2) is 4.98 Å². The van der Waals surface area contributed by atoms with Gasteiger partial charge in [0.15, 0.2) is 15.7 Å². The van der Waals surface area contributed by atoms with Crippen molar-refractivity contribution in [3.63, 3.8) is 0 Å². The molecule has 1 saturated heterocycles. The van der Waals surface area contributed by atoms with Gasteiger partial charge in [0, 0.05) is 22.2 Å². The van der Waals surface area contributed by atoms with Crippen LogP contribution in [0.5, 0.6) is 5.75 Å². The van der Waals surface area contributed by atoms with Gasteiger partial charge in [-0.3, -0.25) is 14.5 Å². The van der Waals surface area contributed by atoms with E-state index in [4.69, 9.17) is 21.3 Å². The first-order valence-electron chi connectivity index (χ1n) is 10.2. The number of para-hydroxylation sites is 1. The summed E-state index contributed by atoms with van der Waals surface area (Å²) in [6.45, 7) is 0. The highest BCUT2D eigenvalue weighted by molar-refractivity contribution is 9.09. The summed E-state index contributed by atoms with van der Waals surface area (Å²) < 4.78 is 6.24. The van der Waals surface area contributed by atoms with E-state index in [1.807, 2.05) is 60.7 Å². The number of nitrogens with zero attached hydrogens (tertiary/aromatic N) is 2. The van der Waals surface area contributed by atoms with Crippen molar-refractivity contribution in [2.75, 3.05) is 10.2 Å². The molecule has 4 aromatic rings. The molecule has 0 bridgehead atoms. The number of rotatable bonds is 1. The summed E-state index contributed by atoms with van der Waals surface area (Å²) in [5, 5.41) is 3.91. The first-order valence-corrected chi connectivity index (χ1v) is 12.4. The van der Waals surface area contributed by atoms with Gasteiger partial charge in [-0.1, -0.05) is 59.9 Å². The lowest BCUT2D eigenvalue weighted by Gasteiger charge is -2.49. The predicted octanol–water partition coefficient (Wildman–Crippen LogP) is 5.55. The van der Waals surface area contributed by atoms with E-state index in [-0.39, 0.29) is 11.8 Å². The van der Waals surface area contributed by atoms with Crippen molar-refractivity contribution in [1.29, 1.82) is 0 Å². The number of nitrogens with one attached hydrogen (secondary N) is 1. The Morgan fingerprint density at radius 1 is 1.09 bits per heavy atom. The number of carbonyl (C=O) groups excluding carboxylic acids is 2. The van der Waals surface area contributed by atoms with Gasteiger partial charge in [0.25, 0.3) is 11.8 Å². The zero-order valence-corrected chi connectivity index (χ0v) is 19.9. The lowest BCUT2D eigenvalue weighted by Crippen LogP contribution is -2.73. The number of amides is 2. The van der Waals surface area contributed by atoms with Crippen LogP contribution in [0.3, 0.4) is 0 Å². The van der Waals surface area contributed by atoms with E-state index in [2.05, 4.69) is 21.2 Å². The molecule has 33 heavy (non-hydrogen) atoms. The average molecular weight is 539 g/mol. The Hall–Kier alpha value is -2.94. The minimum atomic E-state index is -1.31. The van der Waals surface area contributed by atoms with Crippen molar-refractivity contribution in [3.8, 4) is 17.0 Å². The Morgan fingerprint density at radius 2 is 1.88 bits per heavy atom. The Kier molecular flexibility index (Phi) is 3.88. The number of β-lactam (4-membered cyclic amide) rings is 1. The van der Waals surface area contributed by atoms with Gasteiger partial charge in [0.05, 0.1) is 10.6 Å². The van der Waals surface area contributed by atoms with E-state index in [1.165, 1.54) is 16.2 Å². The lowest BCUT2D eigenvalue weighted by molar-refractivity contribution is -0.136. The lowest BCUT2D eigenvalue weighted by atomic mass is 9.78. The molecule has 0 aliphatic carbocycles.